The zero-order valence-corrected chi connectivity index (χ0v) is 12.4. The summed E-state index contributed by atoms with van der Waals surface area (Å²) in [5, 5.41) is 6.33. The molecule has 0 amide bonds. The van der Waals surface area contributed by atoms with Gasteiger partial charge in [-0.15, -0.1) is 5.10 Å². The molecule has 1 heterocycles. The number of ether oxygens (including phenoxy) is 1. The molecule has 2 aromatic carbocycles. The highest BCUT2D eigenvalue weighted by Gasteiger charge is 2.16. The van der Waals surface area contributed by atoms with Crippen LogP contribution >= 0.6 is 23.2 Å². The molecular formula is C14H8Cl2FN3O2. The van der Waals surface area contributed by atoms with Gasteiger partial charge < -0.3 is 10.5 Å². The molecule has 0 radical (unpaired) electrons. The molecule has 3 rings (SSSR count). The number of fused-ring (bicyclic) bond motifs is 1. The van der Waals surface area contributed by atoms with Crippen molar-refractivity contribution >= 4 is 39.7 Å². The number of H-pyrrole nitrogens is 1. The Bertz CT molecular complexity index is 920. The minimum absolute atomic E-state index is 0.0253. The summed E-state index contributed by atoms with van der Waals surface area (Å²) in [4.78, 5) is 11.7. The van der Waals surface area contributed by atoms with E-state index in [1.807, 2.05) is 0 Å². The maximum Gasteiger partial charge on any atom is 0.275 e. The number of rotatable bonds is 2. The van der Waals surface area contributed by atoms with Crippen LogP contribution in [0.15, 0.2) is 35.1 Å². The zero-order chi connectivity index (χ0) is 15.9. The molecule has 0 aliphatic heterocycles. The van der Waals surface area contributed by atoms with Gasteiger partial charge in [-0.1, -0.05) is 29.3 Å². The van der Waals surface area contributed by atoms with Gasteiger partial charge in [0.05, 0.1) is 20.8 Å². The molecule has 22 heavy (non-hydrogen) atoms. The predicted octanol–water partition coefficient (Wildman–Crippen LogP) is 3.74. The number of aromatic amines is 1. The van der Waals surface area contributed by atoms with Crippen molar-refractivity contribution in [3.05, 3.63) is 56.5 Å². The Morgan fingerprint density at radius 1 is 1.23 bits per heavy atom. The van der Waals surface area contributed by atoms with E-state index in [0.29, 0.717) is 5.69 Å². The van der Waals surface area contributed by atoms with E-state index < -0.39 is 11.4 Å². The largest absolute Gasteiger partial charge is 0.434 e. The summed E-state index contributed by atoms with van der Waals surface area (Å²) in [5.74, 6) is -0.592. The number of nitrogens with two attached hydrogens (primary N) is 1. The van der Waals surface area contributed by atoms with Crippen LogP contribution in [0.25, 0.3) is 10.8 Å². The monoisotopic (exact) mass is 339 g/mol. The van der Waals surface area contributed by atoms with E-state index in [0.717, 1.165) is 0 Å². The lowest BCUT2D eigenvalue weighted by Crippen LogP contribution is -2.11. The number of benzene rings is 2. The van der Waals surface area contributed by atoms with Crippen molar-refractivity contribution in [1.82, 2.24) is 10.2 Å². The number of hydrogen-bond acceptors (Lipinski definition) is 4. The Labute approximate surface area is 133 Å². The zero-order valence-electron chi connectivity index (χ0n) is 10.9. The minimum Gasteiger partial charge on any atom is -0.434 e. The van der Waals surface area contributed by atoms with Crippen LogP contribution in [0.3, 0.4) is 0 Å². The predicted molar refractivity (Wildman–Crippen MR) is 83.3 cm³/mol. The summed E-state index contributed by atoms with van der Waals surface area (Å²) in [5.41, 5.74) is 5.33. The maximum atomic E-state index is 13.8. The molecule has 0 atom stereocenters. The van der Waals surface area contributed by atoms with Gasteiger partial charge in [-0.05, 0) is 24.3 Å². The van der Waals surface area contributed by atoms with Gasteiger partial charge in [-0.2, -0.15) is 0 Å². The second-order valence-corrected chi connectivity index (χ2v) is 5.25. The van der Waals surface area contributed by atoms with Crippen LogP contribution in [0.2, 0.25) is 10.0 Å². The normalized spacial score (nSPS) is 10.9. The lowest BCUT2D eigenvalue weighted by molar-refractivity contribution is 0.461. The van der Waals surface area contributed by atoms with Crippen molar-refractivity contribution in [3.63, 3.8) is 0 Å². The van der Waals surface area contributed by atoms with Crippen molar-refractivity contribution in [2.75, 3.05) is 5.73 Å². The third-order valence-electron chi connectivity index (χ3n) is 2.95. The molecule has 0 aliphatic carbocycles. The Hall–Kier alpha value is -2.31. The van der Waals surface area contributed by atoms with Crippen molar-refractivity contribution in [1.29, 1.82) is 0 Å². The summed E-state index contributed by atoms with van der Waals surface area (Å²) in [7, 11) is 0. The van der Waals surface area contributed by atoms with Crippen molar-refractivity contribution < 1.29 is 9.13 Å². The maximum absolute atomic E-state index is 13.8. The first-order valence-corrected chi connectivity index (χ1v) is 6.82. The van der Waals surface area contributed by atoms with E-state index in [9.17, 15) is 9.18 Å². The van der Waals surface area contributed by atoms with Crippen molar-refractivity contribution in [2.24, 2.45) is 0 Å². The molecule has 5 nitrogen and oxygen atoms in total. The summed E-state index contributed by atoms with van der Waals surface area (Å²) in [6.45, 7) is 0. The molecule has 0 aliphatic rings. The Morgan fingerprint density at radius 2 is 1.91 bits per heavy atom. The molecule has 0 saturated heterocycles. The molecule has 0 spiro atoms. The van der Waals surface area contributed by atoms with Crippen LogP contribution in [0.5, 0.6) is 11.6 Å². The summed E-state index contributed by atoms with van der Waals surface area (Å²) < 4.78 is 19.4. The fourth-order valence-electron chi connectivity index (χ4n) is 2.00. The summed E-state index contributed by atoms with van der Waals surface area (Å²) in [6.07, 6.45) is 0. The van der Waals surface area contributed by atoms with Gasteiger partial charge in [0.2, 0.25) is 5.88 Å². The fourth-order valence-corrected chi connectivity index (χ4v) is 2.58. The molecule has 112 valence electrons. The Morgan fingerprint density at radius 3 is 2.59 bits per heavy atom. The van der Waals surface area contributed by atoms with E-state index in [2.05, 4.69) is 10.2 Å². The SMILES string of the molecule is Nc1cc(Cl)c(Oc2n[nH]c(=O)c3c(F)cccc23)c(Cl)c1. The molecule has 3 aromatic rings. The van der Waals surface area contributed by atoms with Crippen LogP contribution < -0.4 is 16.0 Å². The average Bonchev–Trinajstić information content (AvgIpc) is 2.45. The van der Waals surface area contributed by atoms with Gasteiger partial charge in [-0.3, -0.25) is 4.79 Å². The number of nitrogen functional groups attached to an aromatic ring is 1. The third-order valence-corrected chi connectivity index (χ3v) is 3.51. The lowest BCUT2D eigenvalue weighted by atomic mass is 10.2. The van der Waals surface area contributed by atoms with E-state index in [1.54, 1.807) is 0 Å². The second kappa shape index (κ2) is 5.47. The number of nitrogens with one attached hydrogen (secondary N) is 1. The van der Waals surface area contributed by atoms with E-state index >= 15 is 0 Å². The van der Waals surface area contributed by atoms with Crippen LogP contribution in [0.1, 0.15) is 0 Å². The van der Waals surface area contributed by atoms with Gasteiger partial charge in [0.1, 0.15) is 5.82 Å². The summed E-state index contributed by atoms with van der Waals surface area (Å²) >= 11 is 12.1. The molecule has 0 saturated carbocycles. The van der Waals surface area contributed by atoms with Gasteiger partial charge in [0.15, 0.2) is 5.75 Å². The number of anilines is 1. The molecule has 0 unspecified atom stereocenters. The highest BCUT2D eigenvalue weighted by Crippen LogP contribution is 2.38. The van der Waals surface area contributed by atoms with Crippen LogP contribution in [-0.2, 0) is 0 Å². The van der Waals surface area contributed by atoms with Crippen LogP contribution in [-0.4, -0.2) is 10.2 Å². The first kappa shape index (κ1) is 14.6. The first-order valence-electron chi connectivity index (χ1n) is 6.06. The van der Waals surface area contributed by atoms with Crippen molar-refractivity contribution in [3.8, 4) is 11.6 Å². The van der Waals surface area contributed by atoms with E-state index in [1.165, 1.54) is 30.3 Å². The number of halogens is 3. The van der Waals surface area contributed by atoms with Gasteiger partial charge in [-0.25, -0.2) is 9.49 Å². The highest BCUT2D eigenvalue weighted by molar-refractivity contribution is 6.37. The van der Waals surface area contributed by atoms with E-state index in [4.69, 9.17) is 33.7 Å². The number of hydrogen-bond donors (Lipinski definition) is 2. The Kier molecular flexibility index (Phi) is 3.64. The topological polar surface area (TPSA) is 81.0 Å². The molecule has 3 N–H and O–H groups in total. The van der Waals surface area contributed by atoms with E-state index in [-0.39, 0.29) is 32.4 Å². The van der Waals surface area contributed by atoms with Crippen LogP contribution in [0.4, 0.5) is 10.1 Å². The molecule has 1 aromatic heterocycles. The number of aromatic nitrogens is 2. The third kappa shape index (κ3) is 2.47. The van der Waals surface area contributed by atoms with Gasteiger partial charge >= 0.3 is 0 Å². The minimum atomic E-state index is -0.680. The standard InChI is InChI=1S/C14H8Cl2FN3O2/c15-8-4-6(18)5-9(16)12(8)22-14-7-2-1-3-10(17)11(7)13(21)19-20-14/h1-5H,18H2,(H,19,21). The fraction of sp³-hybridized carbons (Fsp3) is 0. The quantitative estimate of drug-likeness (QED) is 0.697. The van der Waals surface area contributed by atoms with Gasteiger partial charge in [0.25, 0.3) is 5.56 Å². The number of nitrogens with zero attached hydrogens (tertiary/aromatic N) is 1. The molecule has 0 bridgehead atoms. The Balaban J connectivity index is 2.19. The first-order chi connectivity index (χ1) is 10.5. The second-order valence-electron chi connectivity index (χ2n) is 4.44. The molecule has 0 fully saturated rings. The molecule has 8 heteroatoms. The molecular weight excluding hydrogens is 332 g/mol. The van der Waals surface area contributed by atoms with Crippen molar-refractivity contribution in [2.45, 2.75) is 0 Å². The highest BCUT2D eigenvalue weighted by atomic mass is 35.5. The van der Waals surface area contributed by atoms with Crippen LogP contribution in [0, 0.1) is 5.82 Å². The lowest BCUT2D eigenvalue weighted by Gasteiger charge is -2.11. The van der Waals surface area contributed by atoms with Gasteiger partial charge in [0, 0.05) is 5.69 Å². The smallest absolute Gasteiger partial charge is 0.275 e. The average molecular weight is 340 g/mol. The summed E-state index contributed by atoms with van der Waals surface area (Å²) in [6, 6.07) is 7.03.